The number of hydrogen-bond acceptors (Lipinski definition) is 1. The van der Waals surface area contributed by atoms with E-state index in [-0.39, 0.29) is 16.2 Å². The van der Waals surface area contributed by atoms with Gasteiger partial charge in [-0.05, 0) is 76.8 Å². The van der Waals surface area contributed by atoms with E-state index < -0.39 is 0 Å². The molecule has 0 unspecified atom stereocenters. The molecule has 0 spiro atoms. The van der Waals surface area contributed by atoms with Crippen LogP contribution in [0.15, 0.2) is 55.1 Å². The summed E-state index contributed by atoms with van der Waals surface area (Å²) in [6.07, 6.45) is 10.8. The minimum Gasteiger partial charge on any atom is -0.333 e. The van der Waals surface area contributed by atoms with Crippen LogP contribution in [0, 0.1) is 6.92 Å². The molecule has 0 atom stereocenters. The van der Waals surface area contributed by atoms with Gasteiger partial charge in [0.15, 0.2) is 0 Å². The predicted octanol–water partition coefficient (Wildman–Crippen LogP) is 6.67. The molecule has 0 saturated heterocycles. The number of fused-ring (bicyclic) bond motifs is 1. The summed E-state index contributed by atoms with van der Waals surface area (Å²) in [5.41, 5.74) is 9.76. The molecule has 30 heavy (non-hydrogen) atoms. The van der Waals surface area contributed by atoms with Gasteiger partial charge in [0.25, 0.3) is 0 Å². The van der Waals surface area contributed by atoms with Crippen LogP contribution >= 0.6 is 0 Å². The van der Waals surface area contributed by atoms with Crippen molar-refractivity contribution >= 4 is 0 Å². The average Bonchev–Trinajstić information content (AvgIpc) is 3.35. The Morgan fingerprint density at radius 3 is 2.03 bits per heavy atom. The molecule has 3 aromatic rings. The van der Waals surface area contributed by atoms with E-state index in [1.807, 2.05) is 18.7 Å². The summed E-state index contributed by atoms with van der Waals surface area (Å²) in [7, 11) is 0. The molecule has 2 aromatic carbocycles. The lowest BCUT2D eigenvalue weighted by Gasteiger charge is -2.43. The normalized spacial score (nSPS) is 20.6. The molecule has 0 amide bonds. The highest BCUT2D eigenvalue weighted by atomic mass is 15.0. The molecule has 2 aliphatic carbocycles. The van der Waals surface area contributed by atoms with Crippen molar-refractivity contribution in [3.8, 4) is 0 Å². The Balaban J connectivity index is 1.52. The summed E-state index contributed by atoms with van der Waals surface area (Å²) >= 11 is 0. The minimum atomic E-state index is 0.213. The van der Waals surface area contributed by atoms with Crippen LogP contribution in [-0.2, 0) is 22.8 Å². The first kappa shape index (κ1) is 19.6. The zero-order valence-electron chi connectivity index (χ0n) is 19.1. The molecule has 2 heteroatoms. The average molecular weight is 399 g/mol. The molecule has 1 aromatic heterocycles. The van der Waals surface area contributed by atoms with Gasteiger partial charge in [-0.25, -0.2) is 4.98 Å². The molecular formula is C28H34N2. The Kier molecular flexibility index (Phi) is 4.29. The van der Waals surface area contributed by atoms with Crippen LogP contribution < -0.4 is 0 Å². The molecule has 156 valence electrons. The van der Waals surface area contributed by atoms with E-state index in [4.69, 9.17) is 0 Å². The Morgan fingerprint density at radius 1 is 0.833 bits per heavy atom. The van der Waals surface area contributed by atoms with Crippen LogP contribution in [0.25, 0.3) is 0 Å². The summed E-state index contributed by atoms with van der Waals surface area (Å²) in [6, 6.07) is 14.5. The van der Waals surface area contributed by atoms with Crippen molar-refractivity contribution < 1.29 is 0 Å². The van der Waals surface area contributed by atoms with Gasteiger partial charge in [-0.2, -0.15) is 0 Å². The van der Waals surface area contributed by atoms with Crippen molar-refractivity contribution in [3.63, 3.8) is 0 Å². The molecule has 0 radical (unpaired) electrons. The van der Waals surface area contributed by atoms with Crippen LogP contribution in [0.2, 0.25) is 0 Å². The molecule has 0 aliphatic heterocycles. The monoisotopic (exact) mass is 398 g/mol. The maximum Gasteiger partial charge on any atom is 0.0949 e. The zero-order chi connectivity index (χ0) is 21.1. The van der Waals surface area contributed by atoms with Gasteiger partial charge in [-0.1, -0.05) is 64.1 Å². The smallest absolute Gasteiger partial charge is 0.0949 e. The highest BCUT2D eigenvalue weighted by molar-refractivity contribution is 5.55. The Labute approximate surface area is 181 Å². The quantitative estimate of drug-likeness (QED) is 0.480. The fraction of sp³-hybridized carbons (Fsp3) is 0.464. The maximum atomic E-state index is 4.15. The molecule has 0 N–H and O–H groups in total. The molecular weight excluding hydrogens is 364 g/mol. The number of nitrogens with zero attached hydrogens (tertiary/aromatic N) is 2. The molecule has 0 bridgehead atoms. The zero-order valence-corrected chi connectivity index (χ0v) is 19.1. The molecule has 2 aliphatic rings. The van der Waals surface area contributed by atoms with E-state index in [9.17, 15) is 0 Å². The number of aromatic nitrogens is 2. The van der Waals surface area contributed by atoms with Gasteiger partial charge in [0.05, 0.1) is 6.33 Å². The Bertz CT molecular complexity index is 1060. The van der Waals surface area contributed by atoms with Gasteiger partial charge in [0.2, 0.25) is 0 Å². The third kappa shape index (κ3) is 3.12. The number of imidazole rings is 1. The maximum absolute atomic E-state index is 4.15. The highest BCUT2D eigenvalue weighted by Crippen LogP contribution is 2.56. The number of aryl methyl sites for hydroxylation is 1. The van der Waals surface area contributed by atoms with Crippen LogP contribution in [-0.4, -0.2) is 9.55 Å². The summed E-state index contributed by atoms with van der Waals surface area (Å²) in [6.45, 7) is 12.9. The molecule has 1 heterocycles. The number of hydrogen-bond donors (Lipinski definition) is 0. The molecule has 5 rings (SSSR count). The summed E-state index contributed by atoms with van der Waals surface area (Å²) in [4.78, 5) is 4.15. The molecule has 2 nitrogen and oxygen atoms in total. The number of rotatable bonds is 4. The van der Waals surface area contributed by atoms with Crippen LogP contribution in [0.4, 0.5) is 0 Å². The van der Waals surface area contributed by atoms with Gasteiger partial charge in [0, 0.05) is 24.4 Å². The van der Waals surface area contributed by atoms with E-state index >= 15 is 0 Å². The van der Waals surface area contributed by atoms with Gasteiger partial charge in [0.1, 0.15) is 0 Å². The molecule has 1 saturated carbocycles. The van der Waals surface area contributed by atoms with Crippen molar-refractivity contribution in [2.75, 3.05) is 0 Å². The standard InChI is InChI=1S/C28H34N2/c1-20-16-24-25(27(4,5)11-10-26(24,2)3)17-23(20)28(12-13-28)22-8-6-21(7-9-22)18-30-15-14-29-19-30/h6-9,14-17,19H,10-13,18H2,1-5H3. The fourth-order valence-electron chi connectivity index (χ4n) is 5.60. The third-order valence-corrected chi connectivity index (χ3v) is 7.89. The van der Waals surface area contributed by atoms with Crippen LogP contribution in [0.5, 0.6) is 0 Å². The van der Waals surface area contributed by atoms with E-state index in [1.54, 1.807) is 16.7 Å². The highest BCUT2D eigenvalue weighted by Gasteiger charge is 2.48. The summed E-state index contributed by atoms with van der Waals surface area (Å²) < 4.78 is 2.12. The summed E-state index contributed by atoms with van der Waals surface area (Å²) in [5.74, 6) is 0. The van der Waals surface area contributed by atoms with Crippen molar-refractivity contribution in [2.24, 2.45) is 0 Å². The lowest BCUT2D eigenvalue weighted by Crippen LogP contribution is -2.34. The van der Waals surface area contributed by atoms with Gasteiger partial charge < -0.3 is 4.57 Å². The van der Waals surface area contributed by atoms with Crippen molar-refractivity contribution in [1.82, 2.24) is 9.55 Å². The Hall–Kier alpha value is -2.35. The van der Waals surface area contributed by atoms with Crippen LogP contribution in [0.1, 0.15) is 86.8 Å². The van der Waals surface area contributed by atoms with E-state index in [2.05, 4.69) is 80.6 Å². The molecule has 1 fully saturated rings. The first-order valence-corrected chi connectivity index (χ1v) is 11.4. The van der Waals surface area contributed by atoms with Gasteiger partial charge >= 0.3 is 0 Å². The van der Waals surface area contributed by atoms with E-state index in [0.717, 1.165) is 6.54 Å². The lowest BCUT2D eigenvalue weighted by molar-refractivity contribution is 0.331. The third-order valence-electron chi connectivity index (χ3n) is 7.89. The second-order valence-corrected chi connectivity index (χ2v) is 11.0. The van der Waals surface area contributed by atoms with Crippen LogP contribution in [0.3, 0.4) is 0 Å². The van der Waals surface area contributed by atoms with Crippen molar-refractivity contribution in [3.05, 3.63) is 88.5 Å². The SMILES string of the molecule is Cc1cc2c(cc1C1(c3ccc(Cn4ccnc4)cc3)CC1)C(C)(C)CCC2(C)C. The topological polar surface area (TPSA) is 17.8 Å². The Morgan fingerprint density at radius 2 is 1.47 bits per heavy atom. The lowest BCUT2D eigenvalue weighted by atomic mass is 9.62. The minimum absolute atomic E-state index is 0.213. The second kappa shape index (κ2) is 6.57. The summed E-state index contributed by atoms with van der Waals surface area (Å²) in [5, 5.41) is 0. The first-order chi connectivity index (χ1) is 14.2. The van der Waals surface area contributed by atoms with Gasteiger partial charge in [-0.15, -0.1) is 0 Å². The van der Waals surface area contributed by atoms with Gasteiger partial charge in [-0.3, -0.25) is 0 Å². The number of benzene rings is 2. The predicted molar refractivity (Wildman–Crippen MR) is 124 cm³/mol. The van der Waals surface area contributed by atoms with E-state index in [1.165, 1.54) is 42.4 Å². The fourth-order valence-corrected chi connectivity index (χ4v) is 5.60. The van der Waals surface area contributed by atoms with Crippen molar-refractivity contribution in [1.29, 1.82) is 0 Å². The first-order valence-electron chi connectivity index (χ1n) is 11.4. The van der Waals surface area contributed by atoms with Crippen molar-refractivity contribution in [2.45, 2.75) is 83.1 Å². The second-order valence-electron chi connectivity index (χ2n) is 11.0. The largest absolute Gasteiger partial charge is 0.333 e. The van der Waals surface area contributed by atoms with E-state index in [0.29, 0.717) is 0 Å².